The number of aryl methyl sites for hydroxylation is 1. The van der Waals surface area contributed by atoms with Crippen LogP contribution in [0.2, 0.25) is 0 Å². The van der Waals surface area contributed by atoms with Crippen molar-refractivity contribution in [1.29, 1.82) is 0 Å². The molecule has 4 aromatic rings. The Hall–Kier alpha value is -4.65. The molecule has 1 fully saturated rings. The minimum atomic E-state index is -4.60. The molecule has 0 atom stereocenters. The van der Waals surface area contributed by atoms with E-state index < -0.39 is 23.6 Å². The second-order valence-corrected chi connectivity index (χ2v) is 9.66. The van der Waals surface area contributed by atoms with Crippen LogP contribution in [0, 0.1) is 5.82 Å². The number of benzene rings is 2. The van der Waals surface area contributed by atoms with Gasteiger partial charge in [0.2, 0.25) is 0 Å². The SMILES string of the molecule is CN1CCN(c2cc(NC(=O)Nc3ccc(Oc4ccnc(-c5cnn(C)c5)c4)c(F)c3)cc(C(F)(F)F)c2)CC1. The van der Waals surface area contributed by atoms with E-state index in [0.717, 1.165) is 23.8 Å². The lowest BCUT2D eigenvalue weighted by Gasteiger charge is -2.34. The van der Waals surface area contributed by atoms with Crippen molar-refractivity contribution < 1.29 is 27.1 Å². The molecule has 41 heavy (non-hydrogen) atoms. The summed E-state index contributed by atoms with van der Waals surface area (Å²) in [6.45, 7) is 2.53. The van der Waals surface area contributed by atoms with Crippen LogP contribution in [0.5, 0.6) is 11.5 Å². The molecule has 0 unspecified atom stereocenters. The minimum absolute atomic E-state index is 0.0335. The zero-order valence-electron chi connectivity index (χ0n) is 22.2. The number of amides is 2. The monoisotopic (exact) mass is 569 g/mol. The summed E-state index contributed by atoms with van der Waals surface area (Å²) in [4.78, 5) is 20.8. The van der Waals surface area contributed by atoms with Crippen molar-refractivity contribution in [1.82, 2.24) is 19.7 Å². The molecule has 1 saturated heterocycles. The molecule has 9 nitrogen and oxygen atoms in total. The van der Waals surface area contributed by atoms with Crippen LogP contribution in [-0.4, -0.2) is 58.9 Å². The number of anilines is 3. The molecular weight excluding hydrogens is 542 g/mol. The third-order valence-electron chi connectivity index (χ3n) is 6.52. The maximum atomic E-state index is 14.9. The van der Waals surface area contributed by atoms with Crippen LogP contribution >= 0.6 is 0 Å². The first-order valence-electron chi connectivity index (χ1n) is 12.7. The fraction of sp³-hybridized carbons (Fsp3) is 0.250. The van der Waals surface area contributed by atoms with E-state index in [-0.39, 0.29) is 17.1 Å². The van der Waals surface area contributed by atoms with Gasteiger partial charge in [0.05, 0.1) is 17.5 Å². The summed E-state index contributed by atoms with van der Waals surface area (Å²) in [7, 11) is 3.72. The first-order valence-corrected chi connectivity index (χ1v) is 12.7. The zero-order valence-corrected chi connectivity index (χ0v) is 22.2. The Kier molecular flexibility index (Phi) is 7.79. The van der Waals surface area contributed by atoms with Crippen LogP contribution in [-0.2, 0) is 13.2 Å². The van der Waals surface area contributed by atoms with Crippen molar-refractivity contribution >= 4 is 23.1 Å². The number of urea groups is 1. The van der Waals surface area contributed by atoms with Crippen molar-refractivity contribution in [3.63, 3.8) is 0 Å². The maximum absolute atomic E-state index is 14.9. The van der Waals surface area contributed by atoms with Gasteiger partial charge in [-0.2, -0.15) is 18.3 Å². The molecule has 0 bridgehead atoms. The van der Waals surface area contributed by atoms with Gasteiger partial charge >= 0.3 is 12.2 Å². The Labute approximate surface area is 233 Å². The number of nitrogens with zero attached hydrogens (tertiary/aromatic N) is 5. The highest BCUT2D eigenvalue weighted by molar-refractivity contribution is 6.00. The molecule has 5 rings (SSSR count). The van der Waals surface area contributed by atoms with Gasteiger partial charge in [-0.15, -0.1) is 0 Å². The molecule has 2 amide bonds. The van der Waals surface area contributed by atoms with Gasteiger partial charge in [-0.1, -0.05) is 0 Å². The Balaban J connectivity index is 1.27. The van der Waals surface area contributed by atoms with Gasteiger partial charge in [-0.25, -0.2) is 9.18 Å². The molecule has 2 aromatic heterocycles. The molecular formula is C28H27F4N7O2. The second kappa shape index (κ2) is 11.5. The van der Waals surface area contributed by atoms with E-state index >= 15 is 0 Å². The van der Waals surface area contributed by atoms with Gasteiger partial charge in [0, 0.05) is 80.4 Å². The fourth-order valence-electron chi connectivity index (χ4n) is 4.36. The number of aromatic nitrogens is 3. The number of pyridine rings is 1. The Morgan fingerprint density at radius 3 is 2.39 bits per heavy atom. The molecule has 0 radical (unpaired) electrons. The number of halogens is 4. The number of rotatable bonds is 6. The smallest absolute Gasteiger partial charge is 0.416 e. The summed E-state index contributed by atoms with van der Waals surface area (Å²) < 4.78 is 62.9. The number of carbonyl (C=O) groups is 1. The lowest BCUT2D eigenvalue weighted by atomic mass is 10.1. The van der Waals surface area contributed by atoms with Gasteiger partial charge < -0.3 is 25.2 Å². The summed E-state index contributed by atoms with van der Waals surface area (Å²) >= 11 is 0. The summed E-state index contributed by atoms with van der Waals surface area (Å²) in [6.07, 6.45) is 0.358. The van der Waals surface area contributed by atoms with Crippen molar-refractivity contribution in [3.8, 4) is 22.8 Å². The first-order chi connectivity index (χ1) is 19.5. The average molecular weight is 570 g/mol. The predicted octanol–water partition coefficient (Wildman–Crippen LogP) is 5.83. The third-order valence-corrected chi connectivity index (χ3v) is 6.52. The highest BCUT2D eigenvalue weighted by Gasteiger charge is 2.32. The maximum Gasteiger partial charge on any atom is 0.416 e. The summed E-state index contributed by atoms with van der Waals surface area (Å²) in [6, 6.07) is 9.64. The third kappa shape index (κ3) is 6.92. The van der Waals surface area contributed by atoms with Gasteiger partial charge in [-0.3, -0.25) is 9.67 Å². The molecule has 2 N–H and O–H groups in total. The van der Waals surface area contributed by atoms with Crippen molar-refractivity contribution in [2.75, 3.05) is 48.8 Å². The van der Waals surface area contributed by atoms with Gasteiger partial charge in [0.15, 0.2) is 11.6 Å². The topological polar surface area (TPSA) is 87.6 Å². The molecule has 214 valence electrons. The highest BCUT2D eigenvalue weighted by atomic mass is 19.4. The number of alkyl halides is 3. The van der Waals surface area contributed by atoms with E-state index in [9.17, 15) is 22.4 Å². The van der Waals surface area contributed by atoms with Crippen LogP contribution in [0.3, 0.4) is 0 Å². The predicted molar refractivity (Wildman–Crippen MR) is 147 cm³/mol. The summed E-state index contributed by atoms with van der Waals surface area (Å²) in [5.41, 5.74) is 0.896. The molecule has 13 heteroatoms. The van der Waals surface area contributed by atoms with Crippen LogP contribution in [0.15, 0.2) is 67.1 Å². The first kappa shape index (κ1) is 27.9. The summed E-state index contributed by atoms with van der Waals surface area (Å²) in [5.74, 6) is -0.496. The van der Waals surface area contributed by atoms with E-state index in [4.69, 9.17) is 4.74 Å². The standard InChI is InChI=1S/C28H27F4N7O2/c1-37-7-9-39(10-8-37)22-12-19(28(30,31)32)11-21(13-22)36-27(40)35-20-3-4-26(24(29)14-20)41-23-5-6-33-25(15-23)18-16-34-38(2)17-18/h3-6,11-17H,7-10H2,1-2H3,(H2,35,36,40). The Morgan fingerprint density at radius 2 is 1.71 bits per heavy atom. The van der Waals surface area contributed by atoms with Crippen molar-refractivity contribution in [2.45, 2.75) is 6.18 Å². The molecule has 3 heterocycles. The van der Waals surface area contributed by atoms with Crippen LogP contribution in [0.1, 0.15) is 5.56 Å². The summed E-state index contributed by atoms with van der Waals surface area (Å²) in [5, 5.41) is 8.99. The van der Waals surface area contributed by atoms with Gasteiger partial charge in [-0.05, 0) is 43.4 Å². The number of hydrogen-bond acceptors (Lipinski definition) is 6. The Bertz CT molecular complexity index is 1550. The fourth-order valence-corrected chi connectivity index (χ4v) is 4.36. The van der Waals surface area contributed by atoms with Crippen LogP contribution in [0.4, 0.5) is 39.4 Å². The van der Waals surface area contributed by atoms with E-state index in [1.54, 1.807) is 36.3 Å². The lowest BCUT2D eigenvalue weighted by molar-refractivity contribution is -0.137. The number of likely N-dealkylation sites (N-methyl/N-ethyl adjacent to an activating group) is 1. The number of piperazine rings is 1. The average Bonchev–Trinajstić information content (AvgIpc) is 3.36. The normalized spacial score (nSPS) is 14.1. The number of nitrogens with one attached hydrogen (secondary N) is 2. The molecule has 0 spiro atoms. The van der Waals surface area contributed by atoms with E-state index in [0.29, 0.717) is 43.3 Å². The van der Waals surface area contributed by atoms with Crippen LogP contribution < -0.4 is 20.3 Å². The lowest BCUT2D eigenvalue weighted by Crippen LogP contribution is -2.44. The quantitative estimate of drug-likeness (QED) is 0.284. The molecule has 0 saturated carbocycles. The molecule has 0 aliphatic carbocycles. The number of ether oxygens (including phenoxy) is 1. The number of hydrogen-bond donors (Lipinski definition) is 2. The van der Waals surface area contributed by atoms with Crippen molar-refractivity contribution in [3.05, 3.63) is 78.5 Å². The van der Waals surface area contributed by atoms with E-state index in [1.165, 1.54) is 24.4 Å². The zero-order chi connectivity index (χ0) is 29.1. The second-order valence-electron chi connectivity index (χ2n) is 9.66. The molecule has 1 aliphatic rings. The van der Waals surface area contributed by atoms with Crippen molar-refractivity contribution in [2.24, 2.45) is 7.05 Å². The molecule has 1 aliphatic heterocycles. The highest BCUT2D eigenvalue weighted by Crippen LogP contribution is 2.35. The molecule has 2 aromatic carbocycles. The Morgan fingerprint density at radius 1 is 0.951 bits per heavy atom. The van der Waals surface area contributed by atoms with Crippen LogP contribution in [0.25, 0.3) is 11.3 Å². The largest absolute Gasteiger partial charge is 0.454 e. The van der Waals surface area contributed by atoms with E-state index in [1.807, 2.05) is 11.9 Å². The van der Waals surface area contributed by atoms with Gasteiger partial charge in [0.1, 0.15) is 5.75 Å². The van der Waals surface area contributed by atoms with Gasteiger partial charge in [0.25, 0.3) is 0 Å². The van der Waals surface area contributed by atoms with E-state index in [2.05, 4.69) is 25.6 Å². The number of carbonyl (C=O) groups excluding carboxylic acids is 1. The minimum Gasteiger partial charge on any atom is -0.454 e.